The first kappa shape index (κ1) is 14.7. The van der Waals surface area contributed by atoms with E-state index in [0.717, 1.165) is 21.5 Å². The zero-order chi connectivity index (χ0) is 15.7. The quantitative estimate of drug-likeness (QED) is 0.793. The second-order valence-electron chi connectivity index (χ2n) is 5.52. The van der Waals surface area contributed by atoms with Gasteiger partial charge in [-0.25, -0.2) is 0 Å². The van der Waals surface area contributed by atoms with E-state index in [2.05, 4.69) is 41.5 Å². The number of amides is 1. The lowest BCUT2D eigenvalue weighted by atomic mass is 10.00. The molecule has 0 bridgehead atoms. The van der Waals surface area contributed by atoms with Gasteiger partial charge in [-0.3, -0.25) is 4.79 Å². The minimum absolute atomic E-state index is 0.117. The third-order valence-corrected chi connectivity index (χ3v) is 4.22. The first-order valence-corrected chi connectivity index (χ1v) is 7.94. The Morgan fingerprint density at radius 3 is 2.86 bits per heavy atom. The number of hydrogen-bond donors (Lipinski definition) is 1. The number of carbonyl (C=O) groups is 1. The van der Waals surface area contributed by atoms with Gasteiger partial charge in [-0.1, -0.05) is 31.3 Å². The molecule has 0 fully saturated rings. The summed E-state index contributed by atoms with van der Waals surface area (Å²) in [6.07, 6.45) is 1.91. The van der Waals surface area contributed by atoms with Gasteiger partial charge in [-0.2, -0.15) is 0 Å². The minimum Gasteiger partial charge on any atom is -0.464 e. The van der Waals surface area contributed by atoms with E-state index in [4.69, 9.17) is 4.42 Å². The number of carbonyl (C=O) groups excluding carboxylic acids is 1. The van der Waals surface area contributed by atoms with Crippen molar-refractivity contribution in [2.45, 2.75) is 33.1 Å². The Morgan fingerprint density at radius 1 is 1.36 bits per heavy atom. The topological polar surface area (TPSA) is 68.0 Å². The summed E-state index contributed by atoms with van der Waals surface area (Å²) in [4.78, 5) is 12.1. The van der Waals surface area contributed by atoms with Crippen LogP contribution in [0.4, 0.5) is 5.13 Å². The Balaban J connectivity index is 1.81. The Hall–Kier alpha value is -2.21. The molecular formula is C16H17N3O2S. The number of anilines is 1. The van der Waals surface area contributed by atoms with Crippen LogP contribution >= 0.6 is 11.3 Å². The van der Waals surface area contributed by atoms with Crippen molar-refractivity contribution in [2.24, 2.45) is 0 Å². The SMILES string of the molecule is Cc1nnc(NC(=O)Cc2coc3ccc(C(C)C)cc23)s1. The molecule has 0 unspecified atom stereocenters. The summed E-state index contributed by atoms with van der Waals surface area (Å²) in [6.45, 7) is 6.14. The Kier molecular flexibility index (Phi) is 3.94. The van der Waals surface area contributed by atoms with E-state index in [1.807, 2.05) is 13.0 Å². The van der Waals surface area contributed by atoms with E-state index in [1.54, 1.807) is 6.26 Å². The monoisotopic (exact) mass is 315 g/mol. The zero-order valence-electron chi connectivity index (χ0n) is 12.7. The molecule has 1 aromatic carbocycles. The molecule has 0 saturated heterocycles. The van der Waals surface area contributed by atoms with Crippen LogP contribution in [0, 0.1) is 6.92 Å². The first-order valence-electron chi connectivity index (χ1n) is 7.13. The number of nitrogens with one attached hydrogen (secondary N) is 1. The van der Waals surface area contributed by atoms with Gasteiger partial charge < -0.3 is 9.73 Å². The molecule has 5 nitrogen and oxygen atoms in total. The van der Waals surface area contributed by atoms with Crippen LogP contribution in [-0.2, 0) is 11.2 Å². The molecule has 0 saturated carbocycles. The van der Waals surface area contributed by atoms with Crippen molar-refractivity contribution in [3.8, 4) is 0 Å². The molecule has 2 aromatic heterocycles. The fraction of sp³-hybridized carbons (Fsp3) is 0.312. The average Bonchev–Trinajstić information content (AvgIpc) is 3.05. The highest BCUT2D eigenvalue weighted by Crippen LogP contribution is 2.26. The van der Waals surface area contributed by atoms with E-state index in [1.165, 1.54) is 16.9 Å². The number of nitrogens with zero attached hydrogens (tertiary/aromatic N) is 2. The molecule has 1 amide bonds. The lowest BCUT2D eigenvalue weighted by Gasteiger charge is -2.05. The number of hydrogen-bond acceptors (Lipinski definition) is 5. The number of rotatable bonds is 4. The summed E-state index contributed by atoms with van der Waals surface area (Å²) in [5, 5.41) is 12.9. The molecule has 0 aliphatic heterocycles. The molecule has 6 heteroatoms. The lowest BCUT2D eigenvalue weighted by molar-refractivity contribution is -0.115. The smallest absolute Gasteiger partial charge is 0.230 e. The van der Waals surface area contributed by atoms with Crippen LogP contribution < -0.4 is 5.32 Å². The molecule has 0 aliphatic rings. The van der Waals surface area contributed by atoms with E-state index in [0.29, 0.717) is 11.0 Å². The minimum atomic E-state index is -0.117. The van der Waals surface area contributed by atoms with Crippen molar-refractivity contribution in [1.82, 2.24) is 10.2 Å². The zero-order valence-corrected chi connectivity index (χ0v) is 13.5. The van der Waals surface area contributed by atoms with Crippen LogP contribution in [0.2, 0.25) is 0 Å². The molecule has 22 heavy (non-hydrogen) atoms. The van der Waals surface area contributed by atoms with Gasteiger partial charge in [0.1, 0.15) is 10.6 Å². The first-order chi connectivity index (χ1) is 10.5. The van der Waals surface area contributed by atoms with Crippen LogP contribution in [0.1, 0.15) is 35.9 Å². The number of fused-ring (bicyclic) bond motifs is 1. The fourth-order valence-electron chi connectivity index (χ4n) is 2.28. The maximum Gasteiger partial charge on any atom is 0.230 e. The van der Waals surface area contributed by atoms with Crippen LogP contribution in [0.15, 0.2) is 28.9 Å². The van der Waals surface area contributed by atoms with Crippen LogP contribution in [0.3, 0.4) is 0 Å². The van der Waals surface area contributed by atoms with Crippen molar-refractivity contribution in [3.05, 3.63) is 40.6 Å². The van der Waals surface area contributed by atoms with E-state index in [9.17, 15) is 4.79 Å². The maximum absolute atomic E-state index is 12.1. The van der Waals surface area contributed by atoms with Crippen LogP contribution in [0.5, 0.6) is 0 Å². The van der Waals surface area contributed by atoms with Crippen molar-refractivity contribution < 1.29 is 9.21 Å². The number of benzene rings is 1. The van der Waals surface area contributed by atoms with Crippen molar-refractivity contribution >= 4 is 33.3 Å². The third-order valence-electron chi connectivity index (χ3n) is 3.47. The highest BCUT2D eigenvalue weighted by molar-refractivity contribution is 7.15. The second kappa shape index (κ2) is 5.88. The van der Waals surface area contributed by atoms with Gasteiger partial charge >= 0.3 is 0 Å². The van der Waals surface area contributed by atoms with E-state index >= 15 is 0 Å². The largest absolute Gasteiger partial charge is 0.464 e. The number of aryl methyl sites for hydroxylation is 1. The number of aromatic nitrogens is 2. The normalized spacial score (nSPS) is 11.3. The van der Waals surface area contributed by atoms with Gasteiger partial charge in [0.2, 0.25) is 11.0 Å². The summed E-state index contributed by atoms with van der Waals surface area (Å²) < 4.78 is 5.53. The molecule has 0 atom stereocenters. The van der Waals surface area contributed by atoms with E-state index < -0.39 is 0 Å². The fourth-order valence-corrected chi connectivity index (χ4v) is 2.89. The standard InChI is InChI=1S/C16H17N3O2S/c1-9(2)11-4-5-14-13(6-11)12(8-21-14)7-15(20)17-16-19-18-10(3)22-16/h4-6,8-9H,7H2,1-3H3,(H,17,19,20). The molecule has 3 aromatic rings. The second-order valence-corrected chi connectivity index (χ2v) is 6.70. The van der Waals surface area contributed by atoms with Crippen molar-refractivity contribution in [2.75, 3.05) is 5.32 Å². The van der Waals surface area contributed by atoms with E-state index in [-0.39, 0.29) is 12.3 Å². The molecule has 0 spiro atoms. The highest BCUT2D eigenvalue weighted by Gasteiger charge is 2.13. The molecule has 0 radical (unpaired) electrons. The third kappa shape index (κ3) is 3.01. The van der Waals surface area contributed by atoms with Crippen LogP contribution in [-0.4, -0.2) is 16.1 Å². The summed E-state index contributed by atoms with van der Waals surface area (Å²) in [7, 11) is 0. The van der Waals surface area contributed by atoms with Crippen LogP contribution in [0.25, 0.3) is 11.0 Å². The van der Waals surface area contributed by atoms with Crippen molar-refractivity contribution in [3.63, 3.8) is 0 Å². The Bertz CT molecular complexity index is 820. The van der Waals surface area contributed by atoms with Gasteiger partial charge in [0.15, 0.2) is 0 Å². The Morgan fingerprint density at radius 2 is 2.18 bits per heavy atom. The predicted molar refractivity (Wildman–Crippen MR) is 87.3 cm³/mol. The lowest BCUT2D eigenvalue weighted by Crippen LogP contribution is -2.14. The molecule has 114 valence electrons. The van der Waals surface area contributed by atoms with Gasteiger partial charge in [0, 0.05) is 10.9 Å². The summed E-state index contributed by atoms with van der Waals surface area (Å²) in [5.41, 5.74) is 2.92. The van der Waals surface area contributed by atoms with Gasteiger partial charge in [0.25, 0.3) is 0 Å². The molecule has 0 aliphatic carbocycles. The molecular weight excluding hydrogens is 298 g/mol. The van der Waals surface area contributed by atoms with Gasteiger partial charge in [-0.15, -0.1) is 10.2 Å². The van der Waals surface area contributed by atoms with Gasteiger partial charge in [-0.05, 0) is 30.5 Å². The van der Waals surface area contributed by atoms with Gasteiger partial charge in [0.05, 0.1) is 12.7 Å². The highest BCUT2D eigenvalue weighted by atomic mass is 32.1. The summed E-state index contributed by atoms with van der Waals surface area (Å²) in [5.74, 6) is 0.319. The summed E-state index contributed by atoms with van der Waals surface area (Å²) in [6, 6.07) is 6.12. The average molecular weight is 315 g/mol. The maximum atomic E-state index is 12.1. The number of furan rings is 1. The summed E-state index contributed by atoms with van der Waals surface area (Å²) >= 11 is 1.36. The Labute approximate surface area is 132 Å². The van der Waals surface area contributed by atoms with Crippen molar-refractivity contribution in [1.29, 1.82) is 0 Å². The molecule has 2 heterocycles. The molecule has 3 rings (SSSR count). The predicted octanol–water partition coefficient (Wildman–Crippen LogP) is 3.90. The molecule has 1 N–H and O–H groups in total.